The molecular formula is C21H28N4O5. The van der Waals surface area contributed by atoms with Crippen molar-refractivity contribution < 1.29 is 19.5 Å². The molecular weight excluding hydrogens is 388 g/mol. The average molecular weight is 416 g/mol. The number of carboxylic acid groups (broad SMARTS) is 1. The number of aryl methyl sites for hydroxylation is 2. The van der Waals surface area contributed by atoms with Gasteiger partial charge in [-0.25, -0.2) is 9.59 Å². The maximum Gasteiger partial charge on any atom is 0.407 e. The van der Waals surface area contributed by atoms with E-state index in [1.54, 1.807) is 13.1 Å². The Hall–Kier alpha value is -3.10. The molecule has 0 saturated carbocycles. The third-order valence-electron chi connectivity index (χ3n) is 5.58. The largest absolute Gasteiger partial charge is 0.465 e. The number of aromatic nitrogens is 2. The van der Waals surface area contributed by atoms with Gasteiger partial charge in [-0.2, -0.15) is 0 Å². The number of rotatable bonds is 5. The van der Waals surface area contributed by atoms with Crippen molar-refractivity contribution >= 4 is 28.9 Å². The van der Waals surface area contributed by atoms with Crippen LogP contribution < -0.4 is 11.0 Å². The maximum absolute atomic E-state index is 12.9. The van der Waals surface area contributed by atoms with Crippen molar-refractivity contribution in [3.63, 3.8) is 0 Å². The van der Waals surface area contributed by atoms with Crippen LogP contribution in [0.4, 0.5) is 4.79 Å². The molecule has 1 aliphatic heterocycles. The smallest absolute Gasteiger partial charge is 0.407 e. The van der Waals surface area contributed by atoms with E-state index < -0.39 is 23.6 Å². The predicted molar refractivity (Wildman–Crippen MR) is 111 cm³/mol. The molecule has 1 aromatic heterocycles. The number of hydrogen-bond donors (Lipinski definition) is 2. The highest BCUT2D eigenvalue weighted by molar-refractivity contribution is 6.00. The van der Waals surface area contributed by atoms with Crippen LogP contribution in [0.2, 0.25) is 0 Å². The monoisotopic (exact) mass is 416 g/mol. The summed E-state index contributed by atoms with van der Waals surface area (Å²) in [7, 11) is 1.66. The number of hydrogen-bond acceptors (Lipinski definition) is 4. The van der Waals surface area contributed by atoms with Crippen molar-refractivity contribution in [2.75, 3.05) is 6.54 Å². The summed E-state index contributed by atoms with van der Waals surface area (Å²) in [6, 6.07) is 4.82. The highest BCUT2D eigenvalue weighted by Crippen LogP contribution is 2.26. The fraction of sp³-hybridized carbons (Fsp3) is 0.524. The van der Waals surface area contributed by atoms with E-state index in [0.717, 1.165) is 11.1 Å². The van der Waals surface area contributed by atoms with Crippen molar-refractivity contribution in [3.8, 4) is 0 Å². The predicted octanol–water partition coefficient (Wildman–Crippen LogP) is 2.03. The first-order valence-corrected chi connectivity index (χ1v) is 10.1. The average Bonchev–Trinajstić information content (AvgIpc) is 2.89. The van der Waals surface area contributed by atoms with Crippen molar-refractivity contribution in [3.05, 3.63) is 34.2 Å². The van der Waals surface area contributed by atoms with E-state index in [2.05, 4.69) is 5.32 Å². The second-order valence-electron chi connectivity index (χ2n) is 8.67. The molecule has 0 bridgehead atoms. The second kappa shape index (κ2) is 7.97. The number of carbonyl (C=O) groups excluding carboxylic acids is 2. The fourth-order valence-electron chi connectivity index (χ4n) is 4.10. The molecule has 9 heteroatoms. The van der Waals surface area contributed by atoms with Crippen LogP contribution in [0.25, 0.3) is 11.0 Å². The van der Waals surface area contributed by atoms with E-state index in [0.29, 0.717) is 24.9 Å². The molecule has 1 aromatic carbocycles. The zero-order valence-electron chi connectivity index (χ0n) is 17.8. The van der Waals surface area contributed by atoms with E-state index >= 15 is 0 Å². The molecule has 0 spiro atoms. The van der Waals surface area contributed by atoms with Gasteiger partial charge >= 0.3 is 11.8 Å². The molecule has 30 heavy (non-hydrogen) atoms. The number of amides is 3. The third-order valence-corrected chi connectivity index (χ3v) is 5.58. The van der Waals surface area contributed by atoms with Crippen LogP contribution in [-0.2, 0) is 23.1 Å². The molecule has 3 amide bonds. The summed E-state index contributed by atoms with van der Waals surface area (Å²) >= 11 is 0. The Kier molecular flexibility index (Phi) is 5.74. The Balaban J connectivity index is 1.91. The van der Waals surface area contributed by atoms with E-state index in [1.165, 1.54) is 14.0 Å². The number of nitrogens with one attached hydrogen (secondary N) is 1. The van der Waals surface area contributed by atoms with Crippen molar-refractivity contribution in [1.29, 1.82) is 0 Å². The molecule has 2 N–H and O–H groups in total. The van der Waals surface area contributed by atoms with Crippen LogP contribution in [0.5, 0.6) is 0 Å². The van der Waals surface area contributed by atoms with Gasteiger partial charge in [-0.3, -0.25) is 24.0 Å². The Morgan fingerprint density at radius 1 is 1.27 bits per heavy atom. The molecule has 1 atom stereocenters. The third kappa shape index (κ3) is 3.96. The van der Waals surface area contributed by atoms with Crippen molar-refractivity contribution in [1.82, 2.24) is 19.4 Å². The molecule has 2 aromatic rings. The van der Waals surface area contributed by atoms with Gasteiger partial charge in [0.2, 0.25) is 11.8 Å². The first kappa shape index (κ1) is 21.6. The molecule has 1 aliphatic rings. The highest BCUT2D eigenvalue weighted by Gasteiger charge is 2.31. The molecule has 0 aliphatic carbocycles. The van der Waals surface area contributed by atoms with Crippen LogP contribution in [0.3, 0.4) is 0 Å². The minimum absolute atomic E-state index is 0.191. The van der Waals surface area contributed by atoms with E-state index in [-0.39, 0.29) is 24.4 Å². The number of carbonyl (C=O) groups is 3. The number of benzene rings is 1. The summed E-state index contributed by atoms with van der Waals surface area (Å²) < 4.78 is 2.98. The van der Waals surface area contributed by atoms with Gasteiger partial charge in [0, 0.05) is 25.6 Å². The van der Waals surface area contributed by atoms with Gasteiger partial charge in [-0.1, -0.05) is 12.1 Å². The summed E-state index contributed by atoms with van der Waals surface area (Å²) in [5.74, 6) is -0.791. The Morgan fingerprint density at radius 2 is 1.97 bits per heavy atom. The minimum atomic E-state index is -0.961. The molecule has 1 saturated heterocycles. The second-order valence-corrected chi connectivity index (χ2v) is 8.67. The van der Waals surface area contributed by atoms with Crippen LogP contribution in [0.1, 0.15) is 51.6 Å². The van der Waals surface area contributed by atoms with Gasteiger partial charge in [-0.15, -0.1) is 0 Å². The summed E-state index contributed by atoms with van der Waals surface area (Å²) in [6.45, 7) is 5.93. The quantitative estimate of drug-likeness (QED) is 0.724. The lowest BCUT2D eigenvalue weighted by Gasteiger charge is -2.33. The molecule has 1 fully saturated rings. The number of imidazole rings is 1. The number of imide groups is 1. The fourth-order valence-corrected chi connectivity index (χ4v) is 4.10. The summed E-state index contributed by atoms with van der Waals surface area (Å²) in [4.78, 5) is 49.7. The first-order valence-electron chi connectivity index (χ1n) is 10.1. The van der Waals surface area contributed by atoms with E-state index in [1.807, 2.05) is 32.9 Å². The van der Waals surface area contributed by atoms with Gasteiger partial charge < -0.3 is 10.0 Å². The molecule has 1 unspecified atom stereocenters. The summed E-state index contributed by atoms with van der Waals surface area (Å²) in [5, 5.41) is 11.8. The SMILES string of the molecule is Cn1c(=O)n(C2CCC(=O)NC2=O)c2cccc(CCCN(C(=O)O)C(C)(C)C)c21. The maximum atomic E-state index is 12.9. The van der Waals surface area contributed by atoms with Crippen LogP contribution in [0.15, 0.2) is 23.0 Å². The lowest BCUT2D eigenvalue weighted by molar-refractivity contribution is -0.135. The molecule has 2 heterocycles. The molecule has 9 nitrogen and oxygen atoms in total. The van der Waals surface area contributed by atoms with Crippen molar-refractivity contribution in [2.45, 2.75) is 58.0 Å². The van der Waals surface area contributed by atoms with Gasteiger partial charge in [0.15, 0.2) is 0 Å². The Labute approximate surface area is 174 Å². The molecule has 0 radical (unpaired) electrons. The van der Waals surface area contributed by atoms with Gasteiger partial charge in [0.1, 0.15) is 6.04 Å². The molecule has 3 rings (SSSR count). The zero-order chi connectivity index (χ0) is 22.2. The summed E-state index contributed by atoms with van der Waals surface area (Å²) in [6.07, 6.45) is 0.700. The van der Waals surface area contributed by atoms with E-state index in [9.17, 15) is 24.3 Å². The standard InChI is InChI=1S/C21H28N4O5/c1-21(2,3)24(20(29)30)12-6-8-13-7-5-9-14-17(13)23(4)19(28)25(14)15-10-11-16(26)22-18(15)27/h5,7,9,15H,6,8,10-12H2,1-4H3,(H,29,30)(H,22,26,27). The highest BCUT2D eigenvalue weighted by atomic mass is 16.4. The number of fused-ring (bicyclic) bond motifs is 1. The Bertz CT molecular complexity index is 1060. The summed E-state index contributed by atoms with van der Waals surface area (Å²) in [5.41, 5.74) is 1.47. The van der Waals surface area contributed by atoms with Gasteiger partial charge in [0.05, 0.1) is 11.0 Å². The molecule has 162 valence electrons. The van der Waals surface area contributed by atoms with Crippen LogP contribution in [0, 0.1) is 0 Å². The van der Waals surface area contributed by atoms with Gasteiger partial charge in [0.25, 0.3) is 0 Å². The lowest BCUT2D eigenvalue weighted by atomic mass is 10.0. The Morgan fingerprint density at radius 3 is 2.57 bits per heavy atom. The number of piperidine rings is 1. The topological polar surface area (TPSA) is 114 Å². The van der Waals surface area contributed by atoms with Crippen LogP contribution >= 0.6 is 0 Å². The zero-order valence-corrected chi connectivity index (χ0v) is 17.8. The van der Waals surface area contributed by atoms with E-state index in [4.69, 9.17) is 0 Å². The number of para-hydroxylation sites is 1. The normalized spacial score (nSPS) is 17.3. The number of nitrogens with zero attached hydrogens (tertiary/aromatic N) is 3. The lowest BCUT2D eigenvalue weighted by Crippen LogP contribution is -2.45. The van der Waals surface area contributed by atoms with Gasteiger partial charge in [-0.05, 0) is 51.7 Å². The van der Waals surface area contributed by atoms with Crippen LogP contribution in [-0.4, -0.2) is 49.1 Å². The van der Waals surface area contributed by atoms with Crippen molar-refractivity contribution in [2.24, 2.45) is 7.05 Å². The minimum Gasteiger partial charge on any atom is -0.465 e. The first-order chi connectivity index (χ1) is 14.0.